The number of nitrogens with zero attached hydrogens (tertiary/aromatic N) is 4. The van der Waals surface area contributed by atoms with Gasteiger partial charge in [-0.3, -0.25) is 10.1 Å². The molecular weight excluding hydrogens is 270 g/mol. The van der Waals surface area contributed by atoms with Crippen molar-refractivity contribution in [1.29, 1.82) is 0 Å². The lowest BCUT2D eigenvalue weighted by Gasteiger charge is -2.06. The van der Waals surface area contributed by atoms with Crippen LogP contribution < -0.4 is 5.73 Å². The van der Waals surface area contributed by atoms with E-state index in [9.17, 15) is 10.1 Å². The molecule has 0 bridgehead atoms. The van der Waals surface area contributed by atoms with E-state index in [2.05, 4.69) is 10.3 Å². The van der Waals surface area contributed by atoms with Crippen LogP contribution in [0.1, 0.15) is 24.5 Å². The summed E-state index contributed by atoms with van der Waals surface area (Å²) in [6.07, 6.45) is 1.98. The average Bonchev–Trinajstić information content (AvgIpc) is 3.12. The third-order valence-electron chi connectivity index (χ3n) is 3.06. The van der Waals surface area contributed by atoms with E-state index in [1.807, 2.05) is 0 Å². The van der Waals surface area contributed by atoms with Gasteiger partial charge in [-0.1, -0.05) is 16.8 Å². The van der Waals surface area contributed by atoms with Gasteiger partial charge in [0, 0.05) is 17.0 Å². The maximum absolute atomic E-state index is 11.1. The smallest absolute Gasteiger partial charge is 0.295 e. The minimum Gasteiger partial charge on any atom is -0.381 e. The molecule has 0 atom stereocenters. The molecule has 1 aromatic carbocycles. The summed E-state index contributed by atoms with van der Waals surface area (Å²) in [5.41, 5.74) is 6.74. The van der Waals surface area contributed by atoms with Gasteiger partial charge in [-0.05, 0) is 25.0 Å². The Balaban J connectivity index is 2.21. The molecule has 0 spiro atoms. The molecule has 19 heavy (non-hydrogen) atoms. The van der Waals surface area contributed by atoms with E-state index >= 15 is 0 Å². The molecule has 98 valence electrons. The SMILES string of the molecule is Nc1nnn(-c2cc(Cl)ccc2[N+](=O)[O-])c1C1CC1. The van der Waals surface area contributed by atoms with Crippen molar-refractivity contribution in [2.24, 2.45) is 0 Å². The summed E-state index contributed by atoms with van der Waals surface area (Å²) in [6.45, 7) is 0. The van der Waals surface area contributed by atoms with Gasteiger partial charge in [-0.15, -0.1) is 5.10 Å². The quantitative estimate of drug-likeness (QED) is 0.686. The molecule has 3 rings (SSSR count). The van der Waals surface area contributed by atoms with E-state index in [-0.39, 0.29) is 11.6 Å². The first-order valence-electron chi connectivity index (χ1n) is 5.73. The zero-order chi connectivity index (χ0) is 13.6. The van der Waals surface area contributed by atoms with Crippen LogP contribution in [-0.2, 0) is 0 Å². The molecule has 0 aliphatic heterocycles. The molecule has 2 aromatic rings. The number of aromatic nitrogens is 3. The van der Waals surface area contributed by atoms with Crippen LogP contribution in [-0.4, -0.2) is 19.9 Å². The first kappa shape index (κ1) is 11.9. The van der Waals surface area contributed by atoms with Crippen LogP contribution in [0.3, 0.4) is 0 Å². The van der Waals surface area contributed by atoms with E-state index in [1.54, 1.807) is 0 Å². The molecule has 0 saturated heterocycles. The van der Waals surface area contributed by atoms with Gasteiger partial charge in [0.25, 0.3) is 5.69 Å². The van der Waals surface area contributed by atoms with Crippen LogP contribution in [0, 0.1) is 10.1 Å². The number of nitro groups is 1. The number of rotatable bonds is 3. The van der Waals surface area contributed by atoms with Crippen LogP contribution in [0.25, 0.3) is 5.69 Å². The number of anilines is 1. The Morgan fingerprint density at radius 1 is 1.47 bits per heavy atom. The summed E-state index contributed by atoms with van der Waals surface area (Å²) in [5.74, 6) is 0.588. The van der Waals surface area contributed by atoms with Crippen molar-refractivity contribution >= 4 is 23.1 Å². The Morgan fingerprint density at radius 2 is 2.21 bits per heavy atom. The highest BCUT2D eigenvalue weighted by Crippen LogP contribution is 2.43. The summed E-state index contributed by atoms with van der Waals surface area (Å²) in [7, 11) is 0. The second-order valence-corrected chi connectivity index (χ2v) is 4.87. The summed E-state index contributed by atoms with van der Waals surface area (Å²) in [5, 5.41) is 19.2. The zero-order valence-electron chi connectivity index (χ0n) is 9.78. The summed E-state index contributed by atoms with van der Waals surface area (Å²) in [4.78, 5) is 10.6. The minimum atomic E-state index is -0.472. The molecule has 0 radical (unpaired) electrons. The molecule has 0 amide bonds. The van der Waals surface area contributed by atoms with Crippen LogP contribution in [0.2, 0.25) is 5.02 Å². The Labute approximate surface area is 113 Å². The molecule has 1 aromatic heterocycles. The van der Waals surface area contributed by atoms with E-state index in [0.717, 1.165) is 18.5 Å². The van der Waals surface area contributed by atoms with Gasteiger partial charge in [0.05, 0.1) is 10.6 Å². The average molecular weight is 280 g/mol. The van der Waals surface area contributed by atoms with Crippen LogP contribution in [0.4, 0.5) is 11.5 Å². The predicted molar refractivity (Wildman–Crippen MR) is 69.4 cm³/mol. The Kier molecular flexibility index (Phi) is 2.63. The summed E-state index contributed by atoms with van der Waals surface area (Å²) < 4.78 is 1.43. The molecule has 1 aliphatic rings. The molecule has 1 fully saturated rings. The van der Waals surface area contributed by atoms with Gasteiger partial charge >= 0.3 is 0 Å². The topological polar surface area (TPSA) is 99.9 Å². The third-order valence-corrected chi connectivity index (χ3v) is 3.29. The highest BCUT2D eigenvalue weighted by molar-refractivity contribution is 6.30. The number of benzene rings is 1. The summed E-state index contributed by atoms with van der Waals surface area (Å²) in [6, 6.07) is 4.33. The lowest BCUT2D eigenvalue weighted by molar-refractivity contribution is -0.384. The fraction of sp³-hybridized carbons (Fsp3) is 0.273. The standard InChI is InChI=1S/C11H10ClN5O2/c12-7-3-4-8(17(18)19)9(5-7)16-10(6-1-2-6)11(13)14-15-16/h3-6H,1-2,13H2. The molecule has 0 unspecified atom stereocenters. The fourth-order valence-electron chi connectivity index (χ4n) is 2.04. The predicted octanol–water partition coefficient (Wildman–Crippen LogP) is 2.29. The molecule has 1 saturated carbocycles. The van der Waals surface area contributed by atoms with E-state index in [0.29, 0.717) is 16.5 Å². The maximum atomic E-state index is 11.1. The van der Waals surface area contributed by atoms with Crippen molar-refractivity contribution in [2.45, 2.75) is 18.8 Å². The lowest BCUT2D eigenvalue weighted by Crippen LogP contribution is -2.06. The van der Waals surface area contributed by atoms with Crippen molar-refractivity contribution in [2.75, 3.05) is 5.73 Å². The molecule has 1 heterocycles. The van der Waals surface area contributed by atoms with Crippen molar-refractivity contribution in [3.05, 3.63) is 39.0 Å². The number of halogens is 1. The van der Waals surface area contributed by atoms with Gasteiger partial charge in [0.2, 0.25) is 0 Å². The van der Waals surface area contributed by atoms with Crippen LogP contribution in [0.5, 0.6) is 0 Å². The second-order valence-electron chi connectivity index (χ2n) is 4.44. The number of hydrogen-bond acceptors (Lipinski definition) is 5. The van der Waals surface area contributed by atoms with Gasteiger partial charge in [-0.2, -0.15) is 0 Å². The molecule has 2 N–H and O–H groups in total. The Hall–Kier alpha value is -2.15. The monoisotopic (exact) mass is 279 g/mol. The van der Waals surface area contributed by atoms with Crippen molar-refractivity contribution in [3.8, 4) is 5.69 Å². The van der Waals surface area contributed by atoms with Crippen LogP contribution >= 0.6 is 11.6 Å². The lowest BCUT2D eigenvalue weighted by atomic mass is 10.2. The minimum absolute atomic E-state index is 0.0730. The molecule has 7 nitrogen and oxygen atoms in total. The second kappa shape index (κ2) is 4.20. The highest BCUT2D eigenvalue weighted by atomic mass is 35.5. The van der Waals surface area contributed by atoms with Crippen molar-refractivity contribution < 1.29 is 4.92 Å². The normalized spacial score (nSPS) is 14.6. The first-order chi connectivity index (χ1) is 9.08. The first-order valence-corrected chi connectivity index (χ1v) is 6.11. The van der Waals surface area contributed by atoms with Crippen molar-refractivity contribution in [1.82, 2.24) is 15.0 Å². The van der Waals surface area contributed by atoms with E-state index in [4.69, 9.17) is 17.3 Å². The number of nitro benzene ring substituents is 1. The summed E-state index contributed by atoms with van der Waals surface area (Å²) >= 11 is 5.91. The van der Waals surface area contributed by atoms with Crippen molar-refractivity contribution in [3.63, 3.8) is 0 Å². The Bertz CT molecular complexity index is 665. The largest absolute Gasteiger partial charge is 0.381 e. The number of nitrogens with two attached hydrogens (primary N) is 1. The van der Waals surface area contributed by atoms with Gasteiger partial charge in [0.1, 0.15) is 5.69 Å². The maximum Gasteiger partial charge on any atom is 0.295 e. The number of hydrogen-bond donors (Lipinski definition) is 1. The van der Waals surface area contributed by atoms with E-state index in [1.165, 1.54) is 22.9 Å². The third kappa shape index (κ3) is 2.01. The Morgan fingerprint density at radius 3 is 2.84 bits per heavy atom. The molecular formula is C11H10ClN5O2. The molecule has 1 aliphatic carbocycles. The van der Waals surface area contributed by atoms with Crippen LogP contribution in [0.15, 0.2) is 18.2 Å². The zero-order valence-corrected chi connectivity index (χ0v) is 10.5. The highest BCUT2D eigenvalue weighted by Gasteiger charge is 2.32. The molecule has 8 heteroatoms. The van der Waals surface area contributed by atoms with Gasteiger partial charge in [-0.25, -0.2) is 4.68 Å². The number of nitrogen functional groups attached to an aromatic ring is 1. The van der Waals surface area contributed by atoms with E-state index < -0.39 is 4.92 Å². The van der Waals surface area contributed by atoms with Gasteiger partial charge in [0.15, 0.2) is 5.82 Å². The fourth-order valence-corrected chi connectivity index (χ4v) is 2.20. The van der Waals surface area contributed by atoms with Gasteiger partial charge < -0.3 is 5.73 Å².